The molecule has 0 saturated carbocycles. The van der Waals surface area contributed by atoms with Crippen molar-refractivity contribution in [2.75, 3.05) is 12.8 Å². The quantitative estimate of drug-likeness (QED) is 0.916. The summed E-state index contributed by atoms with van der Waals surface area (Å²) in [5, 5.41) is 8.65. The van der Waals surface area contributed by atoms with E-state index in [0.717, 1.165) is 6.07 Å². The lowest BCUT2D eigenvalue weighted by Gasteiger charge is -2.07. The Hall–Kier alpha value is -2.72. The van der Waals surface area contributed by atoms with E-state index in [4.69, 9.17) is 20.5 Å². The SMILES string of the molecule is COCc1nc(N)cc(Oc2ccc(C#N)c(F)c2)n1. The van der Waals surface area contributed by atoms with Crippen molar-refractivity contribution in [1.29, 1.82) is 5.26 Å². The first-order valence-corrected chi connectivity index (χ1v) is 5.62. The Kier molecular flexibility index (Phi) is 4.08. The van der Waals surface area contributed by atoms with Gasteiger partial charge in [0.1, 0.15) is 30.1 Å². The molecule has 0 unspecified atom stereocenters. The summed E-state index contributed by atoms with van der Waals surface area (Å²) in [6.07, 6.45) is 0. The summed E-state index contributed by atoms with van der Waals surface area (Å²) in [6.45, 7) is 0.184. The molecular weight excluding hydrogens is 263 g/mol. The smallest absolute Gasteiger partial charge is 0.224 e. The summed E-state index contributed by atoms with van der Waals surface area (Å²) in [7, 11) is 1.50. The van der Waals surface area contributed by atoms with Gasteiger partial charge in [-0.1, -0.05) is 0 Å². The number of anilines is 1. The van der Waals surface area contributed by atoms with E-state index in [1.54, 1.807) is 6.07 Å². The largest absolute Gasteiger partial charge is 0.439 e. The van der Waals surface area contributed by atoms with Crippen molar-refractivity contribution in [2.45, 2.75) is 6.61 Å². The number of hydrogen-bond acceptors (Lipinski definition) is 6. The minimum atomic E-state index is -0.663. The van der Waals surface area contributed by atoms with Gasteiger partial charge >= 0.3 is 0 Å². The van der Waals surface area contributed by atoms with Gasteiger partial charge < -0.3 is 15.2 Å². The average molecular weight is 274 g/mol. The summed E-state index contributed by atoms with van der Waals surface area (Å²) in [5.74, 6) is 0.300. The van der Waals surface area contributed by atoms with Crippen molar-refractivity contribution in [3.05, 3.63) is 41.5 Å². The van der Waals surface area contributed by atoms with E-state index in [1.165, 1.54) is 25.3 Å². The van der Waals surface area contributed by atoms with Crippen LogP contribution in [0.4, 0.5) is 10.2 Å². The molecule has 2 aromatic rings. The predicted octanol–water partition coefficient (Wildman–Crippen LogP) is 2.01. The minimum Gasteiger partial charge on any atom is -0.439 e. The van der Waals surface area contributed by atoms with E-state index in [9.17, 15) is 4.39 Å². The zero-order valence-corrected chi connectivity index (χ0v) is 10.6. The molecule has 0 saturated heterocycles. The van der Waals surface area contributed by atoms with Crippen molar-refractivity contribution in [1.82, 2.24) is 9.97 Å². The third kappa shape index (κ3) is 3.18. The standard InChI is InChI=1S/C13H11FN4O2/c1-19-7-12-17-11(16)5-13(18-12)20-9-3-2-8(6-15)10(14)4-9/h2-5H,7H2,1H3,(H2,16,17,18). The van der Waals surface area contributed by atoms with Crippen LogP contribution in [0.15, 0.2) is 24.3 Å². The van der Waals surface area contributed by atoms with Gasteiger partial charge in [0.25, 0.3) is 0 Å². The van der Waals surface area contributed by atoms with Crippen LogP contribution in [0.25, 0.3) is 0 Å². The number of hydrogen-bond donors (Lipinski definition) is 1. The second kappa shape index (κ2) is 5.95. The second-order valence-electron chi connectivity index (χ2n) is 3.84. The van der Waals surface area contributed by atoms with Crippen LogP contribution in [-0.4, -0.2) is 17.1 Å². The summed E-state index contributed by atoms with van der Waals surface area (Å²) < 4.78 is 23.7. The summed E-state index contributed by atoms with van der Waals surface area (Å²) in [6, 6.07) is 7.04. The van der Waals surface area contributed by atoms with Crippen LogP contribution in [0, 0.1) is 17.1 Å². The molecule has 0 amide bonds. The van der Waals surface area contributed by atoms with Gasteiger partial charge in [0.2, 0.25) is 5.88 Å². The molecular formula is C13H11FN4O2. The van der Waals surface area contributed by atoms with E-state index < -0.39 is 5.82 Å². The lowest BCUT2D eigenvalue weighted by atomic mass is 10.2. The number of nitrogens with two attached hydrogens (primary N) is 1. The van der Waals surface area contributed by atoms with Gasteiger partial charge in [-0.3, -0.25) is 0 Å². The summed E-state index contributed by atoms with van der Waals surface area (Å²) >= 11 is 0. The number of benzene rings is 1. The Morgan fingerprint density at radius 3 is 2.80 bits per heavy atom. The van der Waals surface area contributed by atoms with Gasteiger partial charge in [0.05, 0.1) is 5.56 Å². The number of methoxy groups -OCH3 is 1. The van der Waals surface area contributed by atoms with Gasteiger partial charge in [-0.15, -0.1) is 0 Å². The fourth-order valence-corrected chi connectivity index (χ4v) is 1.51. The van der Waals surface area contributed by atoms with Gasteiger partial charge in [0, 0.05) is 19.2 Å². The van der Waals surface area contributed by atoms with E-state index in [0.29, 0.717) is 5.82 Å². The zero-order valence-electron chi connectivity index (χ0n) is 10.6. The minimum absolute atomic E-state index is 0.0559. The van der Waals surface area contributed by atoms with Crippen LogP contribution in [-0.2, 0) is 11.3 Å². The van der Waals surface area contributed by atoms with Crippen molar-refractivity contribution in [2.24, 2.45) is 0 Å². The van der Waals surface area contributed by atoms with Crippen LogP contribution in [0.5, 0.6) is 11.6 Å². The number of halogens is 1. The molecule has 0 spiro atoms. The number of nitriles is 1. The molecule has 0 atom stereocenters. The molecule has 2 rings (SSSR count). The van der Waals surface area contributed by atoms with Gasteiger partial charge in [0.15, 0.2) is 5.82 Å². The van der Waals surface area contributed by atoms with E-state index >= 15 is 0 Å². The van der Waals surface area contributed by atoms with Gasteiger partial charge in [-0.25, -0.2) is 9.37 Å². The second-order valence-corrected chi connectivity index (χ2v) is 3.84. The summed E-state index contributed by atoms with van der Waals surface area (Å²) in [5.41, 5.74) is 5.56. The zero-order chi connectivity index (χ0) is 14.5. The van der Waals surface area contributed by atoms with Gasteiger partial charge in [-0.05, 0) is 12.1 Å². The van der Waals surface area contributed by atoms with Crippen LogP contribution in [0.2, 0.25) is 0 Å². The third-order valence-electron chi connectivity index (χ3n) is 2.33. The molecule has 0 aliphatic heterocycles. The lowest BCUT2D eigenvalue weighted by molar-refractivity contribution is 0.177. The number of ether oxygens (including phenoxy) is 2. The van der Waals surface area contributed by atoms with E-state index in [-0.39, 0.29) is 29.6 Å². The maximum absolute atomic E-state index is 13.5. The maximum atomic E-state index is 13.5. The average Bonchev–Trinajstić information content (AvgIpc) is 2.38. The topological polar surface area (TPSA) is 94.0 Å². The number of nitrogen functional groups attached to an aromatic ring is 1. The van der Waals surface area contributed by atoms with Crippen LogP contribution in [0.3, 0.4) is 0 Å². The maximum Gasteiger partial charge on any atom is 0.224 e. The highest BCUT2D eigenvalue weighted by Gasteiger charge is 2.07. The number of rotatable bonds is 4. The Morgan fingerprint density at radius 1 is 1.35 bits per heavy atom. The molecule has 1 heterocycles. The fraction of sp³-hybridized carbons (Fsp3) is 0.154. The first kappa shape index (κ1) is 13.7. The van der Waals surface area contributed by atoms with Crippen molar-refractivity contribution in [3.63, 3.8) is 0 Å². The lowest BCUT2D eigenvalue weighted by Crippen LogP contribution is -2.02. The third-order valence-corrected chi connectivity index (χ3v) is 2.33. The molecule has 7 heteroatoms. The molecule has 6 nitrogen and oxygen atoms in total. The number of aromatic nitrogens is 2. The normalized spacial score (nSPS) is 10.1. The molecule has 0 radical (unpaired) electrons. The molecule has 1 aromatic carbocycles. The monoisotopic (exact) mass is 274 g/mol. The molecule has 2 N–H and O–H groups in total. The Bertz CT molecular complexity index is 670. The van der Waals surface area contributed by atoms with Crippen molar-refractivity contribution >= 4 is 5.82 Å². The number of nitrogens with zero attached hydrogens (tertiary/aromatic N) is 3. The molecule has 0 aliphatic carbocycles. The highest BCUT2D eigenvalue weighted by Crippen LogP contribution is 2.23. The van der Waals surface area contributed by atoms with Crippen LogP contribution >= 0.6 is 0 Å². The Morgan fingerprint density at radius 2 is 2.15 bits per heavy atom. The van der Waals surface area contributed by atoms with Crippen LogP contribution < -0.4 is 10.5 Å². The molecule has 0 aliphatic rings. The molecule has 0 fully saturated rings. The van der Waals surface area contributed by atoms with Crippen molar-refractivity contribution < 1.29 is 13.9 Å². The molecule has 1 aromatic heterocycles. The molecule has 0 bridgehead atoms. The molecule has 20 heavy (non-hydrogen) atoms. The van der Waals surface area contributed by atoms with Gasteiger partial charge in [-0.2, -0.15) is 10.2 Å². The predicted molar refractivity (Wildman–Crippen MR) is 68.3 cm³/mol. The first-order valence-electron chi connectivity index (χ1n) is 5.62. The van der Waals surface area contributed by atoms with E-state index in [1.807, 2.05) is 0 Å². The van der Waals surface area contributed by atoms with E-state index in [2.05, 4.69) is 9.97 Å². The highest BCUT2D eigenvalue weighted by atomic mass is 19.1. The van der Waals surface area contributed by atoms with Crippen LogP contribution in [0.1, 0.15) is 11.4 Å². The Labute approximate surface area is 114 Å². The molecule has 102 valence electrons. The Balaban J connectivity index is 2.25. The first-order chi connectivity index (χ1) is 9.62. The summed E-state index contributed by atoms with van der Waals surface area (Å²) in [4.78, 5) is 8.02. The van der Waals surface area contributed by atoms with Crippen molar-refractivity contribution in [3.8, 4) is 17.7 Å². The fourth-order valence-electron chi connectivity index (χ4n) is 1.51. The highest BCUT2D eigenvalue weighted by molar-refractivity contribution is 5.39.